The number of benzene rings is 1. The quantitative estimate of drug-likeness (QED) is 0.758. The summed E-state index contributed by atoms with van der Waals surface area (Å²) in [4.78, 5) is 13.9. The molecular formula is C18H20N2O3. The standard InChI is InChI=1S/C18H20N2O3/c1-3-10-23-17-9-5-4-7-15(17)13-20(2)14-18(21)19-12-16-8-6-11-22-16/h1,4-9,11H,10,12-14H2,2H3,(H,19,21). The zero-order chi connectivity index (χ0) is 16.5. The van der Waals surface area contributed by atoms with Crippen molar-refractivity contribution in [1.29, 1.82) is 0 Å². The molecule has 0 fully saturated rings. The Balaban J connectivity index is 1.83. The minimum absolute atomic E-state index is 0.0640. The topological polar surface area (TPSA) is 54.7 Å². The maximum Gasteiger partial charge on any atom is 0.234 e. The molecule has 0 bridgehead atoms. The molecule has 0 saturated heterocycles. The maximum atomic E-state index is 11.9. The van der Waals surface area contributed by atoms with E-state index in [1.54, 1.807) is 12.3 Å². The monoisotopic (exact) mass is 312 g/mol. The largest absolute Gasteiger partial charge is 0.481 e. The number of terminal acetylenes is 1. The van der Waals surface area contributed by atoms with Gasteiger partial charge in [0.1, 0.15) is 18.1 Å². The van der Waals surface area contributed by atoms with Crippen LogP contribution in [-0.2, 0) is 17.9 Å². The molecule has 0 radical (unpaired) electrons. The molecule has 1 amide bonds. The van der Waals surface area contributed by atoms with E-state index < -0.39 is 0 Å². The molecule has 0 saturated carbocycles. The lowest BCUT2D eigenvalue weighted by atomic mass is 10.2. The van der Waals surface area contributed by atoms with Crippen LogP contribution in [0.3, 0.4) is 0 Å². The second-order valence-electron chi connectivity index (χ2n) is 5.13. The van der Waals surface area contributed by atoms with Gasteiger partial charge in [0.2, 0.25) is 5.91 Å². The Labute approximate surface area is 136 Å². The summed E-state index contributed by atoms with van der Waals surface area (Å²) < 4.78 is 10.7. The fourth-order valence-corrected chi connectivity index (χ4v) is 2.14. The van der Waals surface area contributed by atoms with E-state index in [0.29, 0.717) is 13.1 Å². The summed E-state index contributed by atoms with van der Waals surface area (Å²) in [7, 11) is 1.88. The van der Waals surface area contributed by atoms with Crippen LogP contribution in [0.15, 0.2) is 47.1 Å². The normalized spacial score (nSPS) is 10.3. The van der Waals surface area contributed by atoms with E-state index in [1.165, 1.54) is 0 Å². The number of carbonyl (C=O) groups excluding carboxylic acids is 1. The molecule has 120 valence electrons. The number of hydrogen-bond donors (Lipinski definition) is 1. The zero-order valence-electron chi connectivity index (χ0n) is 13.1. The number of amides is 1. The van der Waals surface area contributed by atoms with Gasteiger partial charge in [-0.1, -0.05) is 24.1 Å². The lowest BCUT2D eigenvalue weighted by Gasteiger charge is -2.18. The fraction of sp³-hybridized carbons (Fsp3) is 0.278. The Bertz CT molecular complexity index is 659. The second kappa shape index (κ2) is 8.66. The molecule has 2 rings (SSSR count). The number of hydrogen-bond acceptors (Lipinski definition) is 4. The smallest absolute Gasteiger partial charge is 0.234 e. The Morgan fingerprint density at radius 3 is 2.91 bits per heavy atom. The minimum Gasteiger partial charge on any atom is -0.481 e. The molecule has 0 atom stereocenters. The van der Waals surface area contributed by atoms with Gasteiger partial charge in [-0.3, -0.25) is 9.69 Å². The zero-order valence-corrected chi connectivity index (χ0v) is 13.1. The van der Waals surface area contributed by atoms with Crippen LogP contribution in [-0.4, -0.2) is 31.0 Å². The molecule has 5 heteroatoms. The molecule has 0 aliphatic carbocycles. The minimum atomic E-state index is -0.0640. The predicted molar refractivity (Wildman–Crippen MR) is 87.7 cm³/mol. The van der Waals surface area contributed by atoms with Gasteiger partial charge >= 0.3 is 0 Å². The van der Waals surface area contributed by atoms with Gasteiger partial charge in [-0.25, -0.2) is 0 Å². The van der Waals surface area contributed by atoms with E-state index in [4.69, 9.17) is 15.6 Å². The first-order valence-electron chi connectivity index (χ1n) is 7.31. The highest BCUT2D eigenvalue weighted by Gasteiger charge is 2.10. The van der Waals surface area contributed by atoms with E-state index in [1.807, 2.05) is 42.3 Å². The first-order valence-corrected chi connectivity index (χ1v) is 7.31. The Morgan fingerprint density at radius 1 is 1.35 bits per heavy atom. The van der Waals surface area contributed by atoms with Crippen molar-refractivity contribution in [2.45, 2.75) is 13.1 Å². The Morgan fingerprint density at radius 2 is 2.17 bits per heavy atom. The molecule has 0 aliphatic rings. The van der Waals surface area contributed by atoms with Crippen LogP contribution >= 0.6 is 0 Å². The molecule has 0 unspecified atom stereocenters. The lowest BCUT2D eigenvalue weighted by molar-refractivity contribution is -0.122. The average molecular weight is 312 g/mol. The number of para-hydroxylation sites is 1. The summed E-state index contributed by atoms with van der Waals surface area (Å²) in [6.07, 6.45) is 6.81. The van der Waals surface area contributed by atoms with E-state index in [0.717, 1.165) is 17.1 Å². The van der Waals surface area contributed by atoms with Crippen LogP contribution in [0.5, 0.6) is 5.75 Å². The lowest BCUT2D eigenvalue weighted by Crippen LogP contribution is -2.34. The molecule has 1 heterocycles. The van der Waals surface area contributed by atoms with Gasteiger partial charge in [-0.15, -0.1) is 6.42 Å². The molecule has 1 N–H and O–H groups in total. The second-order valence-corrected chi connectivity index (χ2v) is 5.13. The van der Waals surface area contributed by atoms with Gasteiger partial charge < -0.3 is 14.5 Å². The SMILES string of the molecule is C#CCOc1ccccc1CN(C)CC(=O)NCc1ccco1. The van der Waals surface area contributed by atoms with Crippen LogP contribution < -0.4 is 10.1 Å². The van der Waals surface area contributed by atoms with E-state index >= 15 is 0 Å². The van der Waals surface area contributed by atoms with Crippen molar-refractivity contribution < 1.29 is 13.9 Å². The molecule has 1 aromatic heterocycles. The van der Waals surface area contributed by atoms with Gasteiger partial charge in [0.25, 0.3) is 0 Å². The van der Waals surface area contributed by atoms with Crippen LogP contribution in [0, 0.1) is 12.3 Å². The van der Waals surface area contributed by atoms with Crippen molar-refractivity contribution in [3.8, 4) is 18.1 Å². The van der Waals surface area contributed by atoms with Crippen LogP contribution in [0.25, 0.3) is 0 Å². The summed E-state index contributed by atoms with van der Waals surface area (Å²) in [5.74, 6) is 3.86. The summed E-state index contributed by atoms with van der Waals surface area (Å²) in [5.41, 5.74) is 0.990. The van der Waals surface area contributed by atoms with E-state index in [9.17, 15) is 4.79 Å². The van der Waals surface area contributed by atoms with Crippen LogP contribution in [0.2, 0.25) is 0 Å². The number of likely N-dealkylation sites (N-methyl/N-ethyl adjacent to an activating group) is 1. The Kier molecular flexibility index (Phi) is 6.28. The van der Waals surface area contributed by atoms with Crippen molar-refractivity contribution in [3.63, 3.8) is 0 Å². The molecule has 5 nitrogen and oxygen atoms in total. The first-order chi connectivity index (χ1) is 11.2. The number of ether oxygens (including phenoxy) is 1. The third-order valence-electron chi connectivity index (χ3n) is 3.18. The predicted octanol–water partition coefficient (Wildman–Crippen LogP) is 2.04. The molecule has 2 aromatic rings. The third-order valence-corrected chi connectivity index (χ3v) is 3.18. The van der Waals surface area contributed by atoms with Crippen molar-refractivity contribution in [3.05, 3.63) is 54.0 Å². The van der Waals surface area contributed by atoms with Crippen molar-refractivity contribution >= 4 is 5.91 Å². The van der Waals surface area contributed by atoms with E-state index in [2.05, 4.69) is 11.2 Å². The number of furan rings is 1. The van der Waals surface area contributed by atoms with Crippen molar-refractivity contribution in [2.24, 2.45) is 0 Å². The molecule has 0 spiro atoms. The first kappa shape index (κ1) is 16.7. The highest BCUT2D eigenvalue weighted by Crippen LogP contribution is 2.19. The van der Waals surface area contributed by atoms with Gasteiger partial charge in [0, 0.05) is 12.1 Å². The molecule has 1 aromatic carbocycles. The number of nitrogens with one attached hydrogen (secondary N) is 1. The molecule has 0 aliphatic heterocycles. The molecule has 23 heavy (non-hydrogen) atoms. The Hall–Kier alpha value is -2.71. The highest BCUT2D eigenvalue weighted by molar-refractivity contribution is 5.77. The van der Waals surface area contributed by atoms with E-state index in [-0.39, 0.29) is 19.1 Å². The van der Waals surface area contributed by atoms with Crippen LogP contribution in [0.1, 0.15) is 11.3 Å². The highest BCUT2D eigenvalue weighted by atomic mass is 16.5. The summed E-state index contributed by atoms with van der Waals surface area (Å²) >= 11 is 0. The van der Waals surface area contributed by atoms with Crippen LogP contribution in [0.4, 0.5) is 0 Å². The average Bonchev–Trinajstić information content (AvgIpc) is 3.05. The van der Waals surface area contributed by atoms with Crippen molar-refractivity contribution in [2.75, 3.05) is 20.2 Å². The summed E-state index contributed by atoms with van der Waals surface area (Å²) in [6.45, 7) is 1.49. The number of nitrogens with zero attached hydrogens (tertiary/aromatic N) is 1. The van der Waals surface area contributed by atoms with Gasteiger partial charge in [-0.2, -0.15) is 0 Å². The molecular weight excluding hydrogens is 292 g/mol. The van der Waals surface area contributed by atoms with Gasteiger partial charge in [0.15, 0.2) is 0 Å². The van der Waals surface area contributed by atoms with Crippen molar-refractivity contribution in [1.82, 2.24) is 10.2 Å². The number of carbonyl (C=O) groups is 1. The van der Waals surface area contributed by atoms with Gasteiger partial charge in [0.05, 0.1) is 19.4 Å². The fourth-order valence-electron chi connectivity index (χ4n) is 2.14. The van der Waals surface area contributed by atoms with Gasteiger partial charge in [-0.05, 0) is 25.2 Å². The summed E-state index contributed by atoms with van der Waals surface area (Å²) in [6, 6.07) is 11.3. The maximum absolute atomic E-state index is 11.9. The number of rotatable bonds is 8. The third kappa shape index (κ3) is 5.53. The summed E-state index contributed by atoms with van der Waals surface area (Å²) in [5, 5.41) is 2.82.